The van der Waals surface area contributed by atoms with Crippen LogP contribution in [0.15, 0.2) is 30.3 Å². The molecule has 0 aliphatic carbocycles. The number of carbonyl (C=O) groups excluding carboxylic acids is 1. The summed E-state index contributed by atoms with van der Waals surface area (Å²) in [6.45, 7) is 2.85. The van der Waals surface area contributed by atoms with Crippen LogP contribution in [0.25, 0.3) is 0 Å². The summed E-state index contributed by atoms with van der Waals surface area (Å²) in [7, 11) is 0. The molecule has 1 aliphatic heterocycles. The van der Waals surface area contributed by atoms with Gasteiger partial charge in [-0.25, -0.2) is 0 Å². The molecule has 3 atom stereocenters. The Kier molecular flexibility index (Phi) is 11.3. The summed E-state index contributed by atoms with van der Waals surface area (Å²) in [6.07, 6.45) is 6.80. The molecule has 1 aromatic carbocycles. The Hall–Kier alpha value is -1.53. The molecule has 30 heavy (non-hydrogen) atoms. The SMILES string of the molecule is C[C@@H](CCCc1ccccc1)[C@H](O)CCC1CCC(=O)N1CCSCCCC(=O)O. The molecule has 1 aliphatic rings. The number of thioether (sulfide) groups is 1. The quantitative estimate of drug-likeness (QED) is 0.400. The minimum Gasteiger partial charge on any atom is -0.481 e. The highest BCUT2D eigenvalue weighted by Gasteiger charge is 2.31. The lowest BCUT2D eigenvalue weighted by Gasteiger charge is -2.27. The van der Waals surface area contributed by atoms with Gasteiger partial charge in [-0.2, -0.15) is 11.8 Å². The molecule has 0 spiro atoms. The molecule has 6 heteroatoms. The van der Waals surface area contributed by atoms with Crippen molar-refractivity contribution in [1.82, 2.24) is 4.90 Å². The van der Waals surface area contributed by atoms with Crippen molar-refractivity contribution in [2.24, 2.45) is 5.92 Å². The van der Waals surface area contributed by atoms with E-state index in [1.54, 1.807) is 11.8 Å². The Bertz CT molecular complexity index is 639. The Morgan fingerprint density at radius 2 is 1.97 bits per heavy atom. The van der Waals surface area contributed by atoms with Crippen molar-refractivity contribution < 1.29 is 19.8 Å². The summed E-state index contributed by atoms with van der Waals surface area (Å²) < 4.78 is 0. The first-order valence-corrected chi connectivity index (χ1v) is 12.4. The molecule has 168 valence electrons. The number of aliphatic hydroxyl groups excluding tert-OH is 1. The van der Waals surface area contributed by atoms with Crippen molar-refractivity contribution in [3.8, 4) is 0 Å². The zero-order valence-corrected chi connectivity index (χ0v) is 19.0. The Morgan fingerprint density at radius 1 is 1.20 bits per heavy atom. The van der Waals surface area contributed by atoms with Crippen molar-refractivity contribution >= 4 is 23.6 Å². The highest BCUT2D eigenvalue weighted by Crippen LogP contribution is 2.26. The minimum atomic E-state index is -0.752. The molecule has 1 aromatic rings. The maximum atomic E-state index is 12.2. The first-order chi connectivity index (χ1) is 14.5. The van der Waals surface area contributed by atoms with Gasteiger partial charge in [-0.3, -0.25) is 9.59 Å². The highest BCUT2D eigenvalue weighted by molar-refractivity contribution is 7.99. The summed E-state index contributed by atoms with van der Waals surface area (Å²) in [6, 6.07) is 10.7. The third-order valence-electron chi connectivity index (χ3n) is 6.03. The van der Waals surface area contributed by atoms with E-state index < -0.39 is 5.97 Å². The summed E-state index contributed by atoms with van der Waals surface area (Å²) >= 11 is 1.72. The molecule has 2 N–H and O–H groups in total. The first kappa shape index (κ1) is 24.7. The number of amides is 1. The number of likely N-dealkylation sites (tertiary alicyclic amines) is 1. The van der Waals surface area contributed by atoms with Gasteiger partial charge in [-0.1, -0.05) is 37.3 Å². The number of carboxylic acid groups (broad SMARTS) is 1. The van der Waals surface area contributed by atoms with Gasteiger partial charge in [0.15, 0.2) is 0 Å². The number of hydrogen-bond acceptors (Lipinski definition) is 4. The van der Waals surface area contributed by atoms with Gasteiger partial charge in [0, 0.05) is 31.2 Å². The predicted molar refractivity (Wildman–Crippen MR) is 123 cm³/mol. The molecule has 1 saturated heterocycles. The van der Waals surface area contributed by atoms with E-state index in [1.165, 1.54) is 5.56 Å². The molecule has 1 amide bonds. The van der Waals surface area contributed by atoms with E-state index in [-0.39, 0.29) is 30.4 Å². The standard InChI is InChI=1S/C24H37NO4S/c1-19(7-5-10-20-8-3-2-4-9-20)22(26)14-12-21-13-15-23(27)25(21)16-18-30-17-6-11-24(28)29/h2-4,8-9,19,21-22,26H,5-7,10-18H2,1H3,(H,28,29)/t19-,21?,22+/m0/s1. The third kappa shape index (κ3) is 9.09. The fourth-order valence-corrected chi connectivity index (χ4v) is 4.98. The zero-order chi connectivity index (χ0) is 21.8. The topological polar surface area (TPSA) is 77.8 Å². The van der Waals surface area contributed by atoms with Crippen LogP contribution in [0.4, 0.5) is 0 Å². The number of aliphatic hydroxyl groups is 1. The average molecular weight is 436 g/mol. The molecular formula is C24H37NO4S. The van der Waals surface area contributed by atoms with Crippen LogP contribution >= 0.6 is 11.8 Å². The van der Waals surface area contributed by atoms with Crippen molar-refractivity contribution in [3.63, 3.8) is 0 Å². The molecule has 5 nitrogen and oxygen atoms in total. The molecule has 0 radical (unpaired) electrons. The number of rotatable bonds is 15. The van der Waals surface area contributed by atoms with Gasteiger partial charge < -0.3 is 15.1 Å². The van der Waals surface area contributed by atoms with E-state index in [4.69, 9.17) is 5.11 Å². The van der Waals surface area contributed by atoms with Crippen molar-refractivity contribution in [3.05, 3.63) is 35.9 Å². The van der Waals surface area contributed by atoms with Crippen LogP contribution in [0.2, 0.25) is 0 Å². The van der Waals surface area contributed by atoms with Gasteiger partial charge in [-0.15, -0.1) is 0 Å². The van der Waals surface area contributed by atoms with E-state index in [0.717, 1.165) is 56.6 Å². The second kappa shape index (κ2) is 13.7. The van der Waals surface area contributed by atoms with Crippen molar-refractivity contribution in [1.29, 1.82) is 0 Å². The lowest BCUT2D eigenvalue weighted by molar-refractivity contribution is -0.137. The Balaban J connectivity index is 1.63. The number of aliphatic carboxylic acids is 1. The van der Waals surface area contributed by atoms with E-state index in [9.17, 15) is 14.7 Å². The van der Waals surface area contributed by atoms with Crippen LogP contribution in [0, 0.1) is 5.92 Å². The fourth-order valence-electron chi connectivity index (χ4n) is 4.10. The van der Waals surface area contributed by atoms with E-state index in [2.05, 4.69) is 31.2 Å². The number of carbonyl (C=O) groups is 2. The third-order valence-corrected chi connectivity index (χ3v) is 7.08. The molecule has 0 bridgehead atoms. The molecule has 2 rings (SSSR count). The molecule has 0 aromatic heterocycles. The van der Waals surface area contributed by atoms with E-state index >= 15 is 0 Å². The van der Waals surface area contributed by atoms with E-state index in [0.29, 0.717) is 12.8 Å². The van der Waals surface area contributed by atoms with Crippen LogP contribution < -0.4 is 0 Å². The minimum absolute atomic E-state index is 0.208. The normalized spacial score (nSPS) is 18.5. The molecule has 1 heterocycles. The lowest BCUT2D eigenvalue weighted by atomic mass is 9.92. The molecule has 1 unspecified atom stereocenters. The van der Waals surface area contributed by atoms with E-state index in [1.807, 2.05) is 11.0 Å². The maximum absolute atomic E-state index is 12.2. The number of aryl methyl sites for hydroxylation is 1. The summed E-state index contributed by atoms with van der Waals surface area (Å²) in [5, 5.41) is 19.3. The second-order valence-electron chi connectivity index (χ2n) is 8.39. The Morgan fingerprint density at radius 3 is 2.70 bits per heavy atom. The molecule has 0 saturated carbocycles. The molecule has 1 fully saturated rings. The van der Waals surface area contributed by atoms with Crippen LogP contribution in [-0.2, 0) is 16.0 Å². The lowest BCUT2D eigenvalue weighted by Crippen LogP contribution is -2.35. The van der Waals surface area contributed by atoms with Crippen LogP contribution in [0.1, 0.15) is 63.9 Å². The predicted octanol–water partition coefficient (Wildman–Crippen LogP) is 4.38. The maximum Gasteiger partial charge on any atom is 0.303 e. The fraction of sp³-hybridized carbons (Fsp3) is 0.667. The average Bonchev–Trinajstić information content (AvgIpc) is 3.08. The van der Waals surface area contributed by atoms with Gasteiger partial charge >= 0.3 is 5.97 Å². The molecular weight excluding hydrogens is 398 g/mol. The number of nitrogens with zero attached hydrogens (tertiary/aromatic N) is 1. The Labute approximate surface area is 185 Å². The zero-order valence-electron chi connectivity index (χ0n) is 18.2. The summed E-state index contributed by atoms with van der Waals surface area (Å²) in [4.78, 5) is 24.8. The summed E-state index contributed by atoms with van der Waals surface area (Å²) in [5.74, 6) is 1.40. The van der Waals surface area contributed by atoms with Gasteiger partial charge in [0.05, 0.1) is 6.10 Å². The van der Waals surface area contributed by atoms with Gasteiger partial charge in [0.1, 0.15) is 0 Å². The second-order valence-corrected chi connectivity index (χ2v) is 9.61. The van der Waals surface area contributed by atoms with Gasteiger partial charge in [0.25, 0.3) is 0 Å². The monoisotopic (exact) mass is 435 g/mol. The van der Waals surface area contributed by atoms with Crippen molar-refractivity contribution in [2.45, 2.75) is 76.9 Å². The summed E-state index contributed by atoms with van der Waals surface area (Å²) in [5.41, 5.74) is 1.35. The number of hydrogen-bond donors (Lipinski definition) is 2. The van der Waals surface area contributed by atoms with Gasteiger partial charge in [0.2, 0.25) is 5.91 Å². The number of carboxylic acids is 1. The first-order valence-electron chi connectivity index (χ1n) is 11.3. The van der Waals surface area contributed by atoms with Crippen molar-refractivity contribution in [2.75, 3.05) is 18.1 Å². The van der Waals surface area contributed by atoms with Gasteiger partial charge in [-0.05, 0) is 62.2 Å². The van der Waals surface area contributed by atoms with Crippen LogP contribution in [0.5, 0.6) is 0 Å². The number of benzene rings is 1. The van der Waals surface area contributed by atoms with Crippen LogP contribution in [-0.4, -0.2) is 57.2 Å². The highest BCUT2D eigenvalue weighted by atomic mass is 32.2. The van der Waals surface area contributed by atoms with Crippen LogP contribution in [0.3, 0.4) is 0 Å². The largest absolute Gasteiger partial charge is 0.481 e. The smallest absolute Gasteiger partial charge is 0.303 e.